The van der Waals surface area contributed by atoms with Crippen LogP contribution in [-0.2, 0) is 11.2 Å². The van der Waals surface area contributed by atoms with Crippen molar-refractivity contribution in [3.8, 4) is 5.88 Å². The normalized spacial score (nSPS) is 14.1. The highest BCUT2D eigenvalue weighted by molar-refractivity contribution is 5.78. The molecule has 1 fully saturated rings. The number of nitrogens with zero attached hydrogens (tertiary/aromatic N) is 3. The van der Waals surface area contributed by atoms with E-state index in [0.717, 1.165) is 24.5 Å². The van der Waals surface area contributed by atoms with Gasteiger partial charge in [0.2, 0.25) is 11.8 Å². The van der Waals surface area contributed by atoms with Gasteiger partial charge in [-0.2, -0.15) is 4.98 Å². The minimum Gasteiger partial charge on any atom is -0.476 e. The number of nitrogens with one attached hydrogen (secondary N) is 1. The molecule has 0 atom stereocenters. The maximum absolute atomic E-state index is 12.0. The van der Waals surface area contributed by atoms with Gasteiger partial charge in [0, 0.05) is 19.2 Å². The number of ether oxygens (including phenoxy) is 1. The van der Waals surface area contributed by atoms with Gasteiger partial charge < -0.3 is 15.0 Å². The van der Waals surface area contributed by atoms with Crippen LogP contribution < -0.4 is 15.0 Å². The van der Waals surface area contributed by atoms with E-state index >= 15 is 0 Å². The van der Waals surface area contributed by atoms with E-state index in [0.29, 0.717) is 31.3 Å². The second-order valence-electron chi connectivity index (χ2n) is 7.02. The van der Waals surface area contributed by atoms with E-state index < -0.39 is 0 Å². The van der Waals surface area contributed by atoms with Gasteiger partial charge in [-0.3, -0.25) is 4.79 Å². The lowest BCUT2D eigenvalue weighted by atomic mass is 10.1. The van der Waals surface area contributed by atoms with Gasteiger partial charge in [-0.1, -0.05) is 29.8 Å². The second kappa shape index (κ2) is 9.35. The van der Waals surface area contributed by atoms with Crippen LogP contribution in [0.5, 0.6) is 5.88 Å². The molecule has 6 nitrogen and oxygen atoms in total. The molecule has 2 heterocycles. The molecule has 0 unspecified atom stereocenters. The Morgan fingerprint density at radius 2 is 1.85 bits per heavy atom. The first-order valence-corrected chi connectivity index (χ1v) is 9.66. The lowest BCUT2D eigenvalue weighted by Gasteiger charge is -2.28. The third-order valence-corrected chi connectivity index (χ3v) is 4.64. The summed E-state index contributed by atoms with van der Waals surface area (Å²) in [7, 11) is 0. The Morgan fingerprint density at radius 3 is 2.59 bits per heavy atom. The van der Waals surface area contributed by atoms with Gasteiger partial charge in [-0.05, 0) is 38.7 Å². The molecule has 3 rings (SSSR count). The number of carbonyl (C=O) groups is 1. The Labute approximate surface area is 161 Å². The zero-order chi connectivity index (χ0) is 19.1. The molecule has 0 spiro atoms. The number of benzene rings is 1. The third kappa shape index (κ3) is 5.94. The Kier molecular flexibility index (Phi) is 6.63. The SMILES string of the molecule is Cc1ccc(CC(=O)NCCOc2cc(N3CCCCC3)nc(C)n2)cc1. The van der Waals surface area contributed by atoms with E-state index in [-0.39, 0.29) is 5.91 Å². The van der Waals surface area contributed by atoms with E-state index in [1.54, 1.807) is 0 Å². The van der Waals surface area contributed by atoms with Crippen molar-refractivity contribution in [2.75, 3.05) is 31.1 Å². The summed E-state index contributed by atoms with van der Waals surface area (Å²) in [6.45, 7) is 6.81. The van der Waals surface area contributed by atoms with Crippen molar-refractivity contribution in [3.63, 3.8) is 0 Å². The summed E-state index contributed by atoms with van der Waals surface area (Å²) in [5.41, 5.74) is 2.20. The fraction of sp³-hybridized carbons (Fsp3) is 0.476. The van der Waals surface area contributed by atoms with Gasteiger partial charge >= 0.3 is 0 Å². The van der Waals surface area contributed by atoms with Crippen LogP contribution in [0.4, 0.5) is 5.82 Å². The standard InChI is InChI=1S/C21H28N4O2/c1-16-6-8-18(9-7-16)14-20(26)22-10-13-27-21-15-19(23-17(2)24-21)25-11-4-3-5-12-25/h6-9,15H,3-5,10-14H2,1-2H3,(H,22,26). The highest BCUT2D eigenvalue weighted by Gasteiger charge is 2.14. The number of hydrogen-bond acceptors (Lipinski definition) is 5. The minimum absolute atomic E-state index is 0.00433. The molecule has 1 amide bonds. The third-order valence-electron chi connectivity index (χ3n) is 4.64. The Balaban J connectivity index is 1.45. The summed E-state index contributed by atoms with van der Waals surface area (Å²) in [5.74, 6) is 2.20. The molecule has 0 radical (unpaired) electrons. The smallest absolute Gasteiger partial charge is 0.224 e. The molecule has 144 valence electrons. The number of carbonyl (C=O) groups excluding carboxylic acids is 1. The topological polar surface area (TPSA) is 67.3 Å². The predicted octanol–water partition coefficient (Wildman–Crippen LogP) is 2.82. The molecular weight excluding hydrogens is 340 g/mol. The molecule has 0 saturated carbocycles. The molecule has 1 N–H and O–H groups in total. The molecule has 27 heavy (non-hydrogen) atoms. The van der Waals surface area contributed by atoms with Crippen LogP contribution >= 0.6 is 0 Å². The van der Waals surface area contributed by atoms with Gasteiger partial charge in [0.1, 0.15) is 18.2 Å². The van der Waals surface area contributed by atoms with Crippen molar-refractivity contribution in [1.82, 2.24) is 15.3 Å². The fourth-order valence-corrected chi connectivity index (χ4v) is 3.18. The van der Waals surface area contributed by atoms with Crippen LogP contribution in [0.2, 0.25) is 0 Å². The average Bonchev–Trinajstić information content (AvgIpc) is 2.67. The number of aryl methyl sites for hydroxylation is 2. The van der Waals surface area contributed by atoms with Crippen molar-refractivity contribution in [2.24, 2.45) is 0 Å². The lowest BCUT2D eigenvalue weighted by Crippen LogP contribution is -2.31. The van der Waals surface area contributed by atoms with Crippen molar-refractivity contribution in [2.45, 2.75) is 39.5 Å². The molecule has 1 aromatic heterocycles. The Hall–Kier alpha value is -2.63. The summed E-state index contributed by atoms with van der Waals surface area (Å²) < 4.78 is 5.74. The highest BCUT2D eigenvalue weighted by Crippen LogP contribution is 2.21. The quantitative estimate of drug-likeness (QED) is 0.761. The number of anilines is 1. The first-order valence-electron chi connectivity index (χ1n) is 9.66. The fourth-order valence-electron chi connectivity index (χ4n) is 3.18. The predicted molar refractivity (Wildman–Crippen MR) is 106 cm³/mol. The Bertz CT molecular complexity index is 755. The van der Waals surface area contributed by atoms with Gasteiger partial charge in [-0.15, -0.1) is 0 Å². The molecule has 0 bridgehead atoms. The van der Waals surface area contributed by atoms with Crippen molar-refractivity contribution < 1.29 is 9.53 Å². The molecule has 6 heteroatoms. The van der Waals surface area contributed by atoms with Crippen molar-refractivity contribution in [1.29, 1.82) is 0 Å². The molecule has 1 saturated heterocycles. The number of rotatable bonds is 7. The average molecular weight is 368 g/mol. The van der Waals surface area contributed by atoms with E-state index in [1.807, 2.05) is 44.2 Å². The lowest BCUT2D eigenvalue weighted by molar-refractivity contribution is -0.120. The maximum atomic E-state index is 12.0. The van der Waals surface area contributed by atoms with Gasteiger partial charge in [0.05, 0.1) is 13.0 Å². The van der Waals surface area contributed by atoms with Crippen LogP contribution in [0.25, 0.3) is 0 Å². The molecule has 1 aliphatic rings. The minimum atomic E-state index is -0.00433. The van der Waals surface area contributed by atoms with Gasteiger partial charge in [-0.25, -0.2) is 4.98 Å². The first kappa shape index (κ1) is 19.1. The van der Waals surface area contributed by atoms with Crippen LogP contribution in [-0.4, -0.2) is 42.1 Å². The van der Waals surface area contributed by atoms with Gasteiger partial charge in [0.15, 0.2) is 0 Å². The maximum Gasteiger partial charge on any atom is 0.224 e. The number of hydrogen-bond donors (Lipinski definition) is 1. The van der Waals surface area contributed by atoms with E-state index in [1.165, 1.54) is 24.8 Å². The largest absolute Gasteiger partial charge is 0.476 e. The molecule has 1 aliphatic heterocycles. The molecule has 2 aromatic rings. The van der Waals surface area contributed by atoms with E-state index in [4.69, 9.17) is 4.74 Å². The molecule has 1 aromatic carbocycles. The summed E-state index contributed by atoms with van der Waals surface area (Å²) in [6.07, 6.45) is 4.07. The van der Waals surface area contributed by atoms with Crippen LogP contribution in [0, 0.1) is 13.8 Å². The van der Waals surface area contributed by atoms with E-state index in [2.05, 4.69) is 20.2 Å². The van der Waals surface area contributed by atoms with Crippen LogP contribution in [0.3, 0.4) is 0 Å². The summed E-state index contributed by atoms with van der Waals surface area (Å²) in [4.78, 5) is 23.2. The highest BCUT2D eigenvalue weighted by atomic mass is 16.5. The number of amides is 1. The first-order chi connectivity index (χ1) is 13.1. The van der Waals surface area contributed by atoms with Gasteiger partial charge in [0.25, 0.3) is 0 Å². The molecular formula is C21H28N4O2. The monoisotopic (exact) mass is 368 g/mol. The van der Waals surface area contributed by atoms with Crippen molar-refractivity contribution >= 4 is 11.7 Å². The van der Waals surface area contributed by atoms with E-state index in [9.17, 15) is 4.79 Å². The van der Waals surface area contributed by atoms with Crippen LogP contribution in [0.15, 0.2) is 30.3 Å². The number of piperidine rings is 1. The summed E-state index contributed by atoms with van der Waals surface area (Å²) in [5, 5.41) is 2.89. The summed E-state index contributed by atoms with van der Waals surface area (Å²) >= 11 is 0. The number of aromatic nitrogens is 2. The summed E-state index contributed by atoms with van der Waals surface area (Å²) in [6, 6.07) is 9.90. The zero-order valence-corrected chi connectivity index (χ0v) is 16.2. The molecule has 0 aliphatic carbocycles. The zero-order valence-electron chi connectivity index (χ0n) is 16.2. The second-order valence-corrected chi connectivity index (χ2v) is 7.02. The van der Waals surface area contributed by atoms with Crippen molar-refractivity contribution in [3.05, 3.63) is 47.3 Å². The van der Waals surface area contributed by atoms with Crippen LogP contribution in [0.1, 0.15) is 36.2 Å². The Morgan fingerprint density at radius 1 is 1.11 bits per heavy atom.